The smallest absolute Gasteiger partial charge is 0.325 e. The molecule has 2 heterocycles. The van der Waals surface area contributed by atoms with Crippen LogP contribution in [0.4, 0.5) is 0 Å². The van der Waals surface area contributed by atoms with Gasteiger partial charge in [-0.25, -0.2) is 0 Å². The second kappa shape index (κ2) is 2.99. The first-order chi connectivity index (χ1) is 6.18. The highest BCUT2D eigenvalue weighted by Crippen LogP contribution is 2.31. The van der Waals surface area contributed by atoms with Crippen molar-refractivity contribution in [1.29, 1.82) is 0 Å². The number of hydrogen-bond acceptors (Lipinski definition) is 4. The van der Waals surface area contributed by atoms with Crippen LogP contribution in [0.15, 0.2) is 0 Å². The van der Waals surface area contributed by atoms with Crippen molar-refractivity contribution in [3.8, 4) is 0 Å². The van der Waals surface area contributed by atoms with Gasteiger partial charge in [0.2, 0.25) is 0 Å². The quantitative estimate of drug-likeness (QED) is 0.623. The maximum absolute atomic E-state index is 11.0. The molecule has 0 aliphatic carbocycles. The Hall–Kier alpha value is -1.10. The average Bonchev–Trinajstić information content (AvgIpc) is 2.01. The minimum absolute atomic E-state index is 0.0625. The van der Waals surface area contributed by atoms with Crippen LogP contribution in [0, 0.1) is 5.92 Å². The molecule has 2 aliphatic rings. The molecule has 5 nitrogen and oxygen atoms in total. The first-order valence-electron chi connectivity index (χ1n) is 4.39. The van der Waals surface area contributed by atoms with Crippen LogP contribution in [0.3, 0.4) is 0 Å². The highest BCUT2D eigenvalue weighted by molar-refractivity contribution is 5.78. The Morgan fingerprint density at radius 2 is 2.38 bits per heavy atom. The van der Waals surface area contributed by atoms with Crippen LogP contribution in [-0.2, 0) is 14.4 Å². The van der Waals surface area contributed by atoms with Crippen molar-refractivity contribution in [3.63, 3.8) is 0 Å². The zero-order valence-electron chi connectivity index (χ0n) is 7.10. The zero-order chi connectivity index (χ0) is 9.42. The van der Waals surface area contributed by atoms with Crippen molar-refractivity contribution in [3.05, 3.63) is 0 Å². The van der Waals surface area contributed by atoms with Gasteiger partial charge in [0.1, 0.15) is 6.04 Å². The SMILES string of the molecule is O=C1CC2CCCN(O1)C2C(=O)O. The van der Waals surface area contributed by atoms with Gasteiger partial charge in [-0.1, -0.05) is 0 Å². The van der Waals surface area contributed by atoms with E-state index in [-0.39, 0.29) is 18.3 Å². The molecule has 72 valence electrons. The van der Waals surface area contributed by atoms with Gasteiger partial charge in [0, 0.05) is 6.54 Å². The number of fused-ring (bicyclic) bond motifs is 2. The first-order valence-corrected chi connectivity index (χ1v) is 4.39. The summed E-state index contributed by atoms with van der Waals surface area (Å²) in [6.45, 7) is 0.541. The number of rotatable bonds is 1. The molecule has 2 rings (SSSR count). The maximum Gasteiger partial charge on any atom is 0.325 e. The van der Waals surface area contributed by atoms with Gasteiger partial charge in [-0.2, -0.15) is 0 Å². The fraction of sp³-hybridized carbons (Fsp3) is 0.750. The van der Waals surface area contributed by atoms with Crippen molar-refractivity contribution in [2.45, 2.75) is 25.3 Å². The molecule has 0 aromatic carbocycles. The Bertz CT molecular complexity index is 237. The summed E-state index contributed by atoms with van der Waals surface area (Å²) in [5.41, 5.74) is 0. The standard InChI is InChI=1S/C8H11NO4/c10-6-4-5-2-1-3-9(13-6)7(5)8(11)12/h5,7H,1-4H2,(H,11,12). The summed E-state index contributed by atoms with van der Waals surface area (Å²) < 4.78 is 0. The molecule has 0 aromatic rings. The lowest BCUT2D eigenvalue weighted by Gasteiger charge is -2.40. The van der Waals surface area contributed by atoms with Crippen molar-refractivity contribution < 1.29 is 19.5 Å². The Morgan fingerprint density at radius 3 is 3.00 bits per heavy atom. The molecule has 2 bridgehead atoms. The molecule has 13 heavy (non-hydrogen) atoms. The molecule has 5 heteroatoms. The van der Waals surface area contributed by atoms with E-state index >= 15 is 0 Å². The van der Waals surface area contributed by atoms with E-state index in [1.807, 2.05) is 0 Å². The van der Waals surface area contributed by atoms with Crippen LogP contribution in [0.2, 0.25) is 0 Å². The van der Waals surface area contributed by atoms with E-state index in [1.165, 1.54) is 5.06 Å². The third kappa shape index (κ3) is 1.39. The third-order valence-electron chi connectivity index (χ3n) is 2.61. The van der Waals surface area contributed by atoms with E-state index in [1.54, 1.807) is 0 Å². The van der Waals surface area contributed by atoms with Crippen LogP contribution in [0.25, 0.3) is 0 Å². The van der Waals surface area contributed by atoms with E-state index in [2.05, 4.69) is 0 Å². The molecular weight excluding hydrogens is 174 g/mol. The molecule has 3 unspecified atom stereocenters. The van der Waals surface area contributed by atoms with Gasteiger partial charge in [-0.05, 0) is 18.8 Å². The number of carboxylic acid groups (broad SMARTS) is 1. The molecule has 1 N–H and O–H groups in total. The number of carbonyl (C=O) groups excluding carboxylic acids is 1. The molecule has 0 saturated carbocycles. The highest BCUT2D eigenvalue weighted by Gasteiger charge is 2.44. The maximum atomic E-state index is 11.0. The van der Waals surface area contributed by atoms with Gasteiger partial charge < -0.3 is 9.94 Å². The van der Waals surface area contributed by atoms with Crippen LogP contribution < -0.4 is 0 Å². The minimum atomic E-state index is -0.891. The van der Waals surface area contributed by atoms with Crippen molar-refractivity contribution in [2.24, 2.45) is 5.92 Å². The fourth-order valence-electron chi connectivity index (χ4n) is 2.06. The number of nitrogens with zero attached hydrogens (tertiary/aromatic N) is 1. The number of piperidine rings is 1. The molecule has 0 amide bonds. The van der Waals surface area contributed by atoms with E-state index < -0.39 is 12.0 Å². The summed E-state index contributed by atoms with van der Waals surface area (Å²) in [7, 11) is 0. The third-order valence-corrected chi connectivity index (χ3v) is 2.61. The first kappa shape index (κ1) is 8.50. The highest BCUT2D eigenvalue weighted by atomic mass is 16.7. The topological polar surface area (TPSA) is 66.8 Å². The van der Waals surface area contributed by atoms with E-state index in [9.17, 15) is 9.59 Å². The van der Waals surface area contributed by atoms with Crippen molar-refractivity contribution in [1.82, 2.24) is 5.06 Å². The van der Waals surface area contributed by atoms with E-state index in [4.69, 9.17) is 9.94 Å². The second-order valence-corrected chi connectivity index (χ2v) is 3.49. The van der Waals surface area contributed by atoms with Gasteiger partial charge in [-0.15, -0.1) is 5.06 Å². The number of carboxylic acids is 1. The predicted octanol–water partition coefficient (Wildman–Crippen LogP) is 0.0135. The molecule has 0 aromatic heterocycles. The Labute approximate surface area is 75.2 Å². The normalized spacial score (nSPS) is 38.2. The molecule has 0 radical (unpaired) electrons. The number of carbonyl (C=O) groups is 2. The summed E-state index contributed by atoms with van der Waals surface area (Å²) in [5.74, 6) is -1.26. The average molecular weight is 185 g/mol. The molecular formula is C8H11NO4. The predicted molar refractivity (Wildman–Crippen MR) is 41.6 cm³/mol. The zero-order valence-corrected chi connectivity index (χ0v) is 7.10. The van der Waals surface area contributed by atoms with Gasteiger partial charge in [0.25, 0.3) is 0 Å². The second-order valence-electron chi connectivity index (χ2n) is 3.49. The van der Waals surface area contributed by atoms with Crippen molar-refractivity contribution in [2.75, 3.05) is 6.54 Å². The number of aliphatic carboxylic acids is 1. The lowest BCUT2D eigenvalue weighted by Crippen LogP contribution is -2.54. The van der Waals surface area contributed by atoms with Crippen LogP contribution in [0.5, 0.6) is 0 Å². The van der Waals surface area contributed by atoms with Gasteiger partial charge in [0.05, 0.1) is 6.42 Å². The van der Waals surface area contributed by atoms with Gasteiger partial charge in [-0.3, -0.25) is 9.59 Å². The van der Waals surface area contributed by atoms with Crippen LogP contribution >= 0.6 is 0 Å². The fourth-order valence-corrected chi connectivity index (χ4v) is 2.06. The van der Waals surface area contributed by atoms with E-state index in [0.717, 1.165) is 12.8 Å². The molecule has 2 fully saturated rings. The van der Waals surface area contributed by atoms with Gasteiger partial charge in [0.15, 0.2) is 0 Å². The lowest BCUT2D eigenvalue weighted by molar-refractivity contribution is -0.236. The molecule has 2 aliphatic heterocycles. The van der Waals surface area contributed by atoms with Crippen LogP contribution in [-0.4, -0.2) is 34.7 Å². The summed E-state index contributed by atoms with van der Waals surface area (Å²) in [5, 5.41) is 10.2. The summed E-state index contributed by atoms with van der Waals surface area (Å²) in [4.78, 5) is 26.7. The summed E-state index contributed by atoms with van der Waals surface area (Å²) in [6.07, 6.45) is 1.96. The summed E-state index contributed by atoms with van der Waals surface area (Å²) >= 11 is 0. The molecule has 3 atom stereocenters. The van der Waals surface area contributed by atoms with Crippen LogP contribution in [0.1, 0.15) is 19.3 Å². The Morgan fingerprint density at radius 1 is 1.62 bits per heavy atom. The Kier molecular flexibility index (Phi) is 1.95. The van der Waals surface area contributed by atoms with Gasteiger partial charge >= 0.3 is 11.9 Å². The van der Waals surface area contributed by atoms with E-state index in [0.29, 0.717) is 6.54 Å². The summed E-state index contributed by atoms with van der Waals surface area (Å²) in [6, 6.07) is -0.619. The van der Waals surface area contributed by atoms with Crippen molar-refractivity contribution >= 4 is 11.9 Å². The molecule has 0 spiro atoms. The lowest BCUT2D eigenvalue weighted by atomic mass is 9.87. The number of hydrogen-bond donors (Lipinski definition) is 1. The number of hydroxylamine groups is 2. The monoisotopic (exact) mass is 185 g/mol. The largest absolute Gasteiger partial charge is 0.480 e. The molecule has 2 saturated heterocycles. The Balaban J connectivity index is 2.19. The minimum Gasteiger partial charge on any atom is -0.480 e.